The van der Waals surface area contributed by atoms with Gasteiger partial charge < -0.3 is 5.43 Å². The minimum absolute atomic E-state index is 0. The molecule has 0 aliphatic heterocycles. The molecule has 2 aromatic rings. The summed E-state index contributed by atoms with van der Waals surface area (Å²) in [6.45, 7) is 0. The van der Waals surface area contributed by atoms with Gasteiger partial charge in [0.15, 0.2) is 5.82 Å². The van der Waals surface area contributed by atoms with Gasteiger partial charge in [-0.25, -0.2) is 15.8 Å². The zero-order valence-corrected chi connectivity index (χ0v) is 7.58. The Morgan fingerprint density at radius 3 is 2.69 bits per heavy atom. The number of aromatic nitrogens is 2. The molecule has 68 valence electrons. The predicted octanol–water partition coefficient (Wildman–Crippen LogP) is 1.34. The largest absolute Gasteiger partial charge is 0.308 e. The van der Waals surface area contributed by atoms with E-state index >= 15 is 0 Å². The molecule has 3 N–H and O–H groups in total. The second-order valence-corrected chi connectivity index (χ2v) is 2.38. The number of benzene rings is 1. The minimum atomic E-state index is 0. The maximum atomic E-state index is 5.28. The van der Waals surface area contributed by atoms with E-state index in [1.165, 1.54) is 6.33 Å². The fourth-order valence-corrected chi connectivity index (χ4v) is 1.12. The summed E-state index contributed by atoms with van der Waals surface area (Å²) in [6.07, 6.45) is 1.48. The maximum Gasteiger partial charge on any atom is 0.151 e. The van der Waals surface area contributed by atoms with Crippen molar-refractivity contribution in [2.24, 2.45) is 5.84 Å². The average Bonchev–Trinajstić information content (AvgIpc) is 2.17. The molecule has 0 bridgehead atoms. The van der Waals surface area contributed by atoms with Gasteiger partial charge >= 0.3 is 0 Å². The van der Waals surface area contributed by atoms with Crippen LogP contribution in [0.3, 0.4) is 0 Å². The Hall–Kier alpha value is -1.39. The molecule has 0 atom stereocenters. The predicted molar refractivity (Wildman–Crippen MR) is 54.6 cm³/mol. The third-order valence-corrected chi connectivity index (χ3v) is 1.68. The molecular weight excluding hydrogens is 188 g/mol. The quantitative estimate of drug-likeness (QED) is 0.534. The van der Waals surface area contributed by atoms with E-state index in [0.29, 0.717) is 5.82 Å². The van der Waals surface area contributed by atoms with Crippen LogP contribution in [0.5, 0.6) is 0 Å². The van der Waals surface area contributed by atoms with E-state index in [1.807, 2.05) is 24.3 Å². The maximum absolute atomic E-state index is 5.28. The van der Waals surface area contributed by atoms with E-state index in [1.54, 1.807) is 0 Å². The molecule has 0 radical (unpaired) electrons. The highest BCUT2D eigenvalue weighted by Crippen LogP contribution is 2.16. The summed E-state index contributed by atoms with van der Waals surface area (Å²) in [6, 6.07) is 7.69. The molecule has 1 aromatic carbocycles. The molecule has 13 heavy (non-hydrogen) atoms. The molecule has 4 nitrogen and oxygen atoms in total. The molecule has 0 saturated carbocycles. The highest BCUT2D eigenvalue weighted by atomic mass is 35.5. The van der Waals surface area contributed by atoms with Crippen molar-refractivity contribution in [3.63, 3.8) is 0 Å². The Bertz CT molecular complexity index is 399. The van der Waals surface area contributed by atoms with Crippen LogP contribution in [0.15, 0.2) is 30.6 Å². The zero-order valence-electron chi connectivity index (χ0n) is 6.77. The summed E-state index contributed by atoms with van der Waals surface area (Å²) in [4.78, 5) is 8.06. The fourth-order valence-electron chi connectivity index (χ4n) is 1.12. The van der Waals surface area contributed by atoms with Crippen LogP contribution in [0.25, 0.3) is 10.9 Å². The van der Waals surface area contributed by atoms with Crippen molar-refractivity contribution in [3.8, 4) is 0 Å². The number of hydrogen-bond acceptors (Lipinski definition) is 4. The Morgan fingerprint density at radius 2 is 1.92 bits per heavy atom. The number of anilines is 1. The van der Waals surface area contributed by atoms with E-state index in [-0.39, 0.29) is 12.4 Å². The van der Waals surface area contributed by atoms with Crippen molar-refractivity contribution < 1.29 is 0 Å². The fraction of sp³-hybridized carbons (Fsp3) is 0. The van der Waals surface area contributed by atoms with Crippen LogP contribution in [0, 0.1) is 0 Å². The molecule has 5 heteroatoms. The highest BCUT2D eigenvalue weighted by Gasteiger charge is 1.98. The van der Waals surface area contributed by atoms with Crippen LogP contribution in [-0.2, 0) is 0 Å². The van der Waals surface area contributed by atoms with Gasteiger partial charge in [0.25, 0.3) is 0 Å². The molecule has 1 heterocycles. The summed E-state index contributed by atoms with van der Waals surface area (Å²) in [7, 11) is 0. The van der Waals surface area contributed by atoms with Gasteiger partial charge in [-0.05, 0) is 12.1 Å². The third kappa shape index (κ3) is 1.68. The molecule has 1 aromatic heterocycles. The van der Waals surface area contributed by atoms with Crippen LogP contribution in [0.2, 0.25) is 0 Å². The number of nitrogens with zero attached hydrogens (tertiary/aromatic N) is 2. The normalized spacial score (nSPS) is 9.31. The summed E-state index contributed by atoms with van der Waals surface area (Å²) in [5.41, 5.74) is 3.41. The molecule has 0 saturated heterocycles. The Labute approximate surface area is 81.6 Å². The monoisotopic (exact) mass is 196 g/mol. The first kappa shape index (κ1) is 9.70. The molecule has 0 spiro atoms. The average molecular weight is 197 g/mol. The van der Waals surface area contributed by atoms with Gasteiger partial charge in [-0.1, -0.05) is 12.1 Å². The van der Waals surface area contributed by atoms with E-state index in [2.05, 4.69) is 15.4 Å². The van der Waals surface area contributed by atoms with Crippen molar-refractivity contribution in [2.45, 2.75) is 0 Å². The lowest BCUT2D eigenvalue weighted by Gasteiger charge is -2.01. The molecule has 0 amide bonds. The zero-order chi connectivity index (χ0) is 8.39. The Balaban J connectivity index is 0.000000845. The molecular formula is C8H9ClN4. The van der Waals surface area contributed by atoms with Gasteiger partial charge in [-0.15, -0.1) is 12.4 Å². The molecule has 0 fully saturated rings. The second kappa shape index (κ2) is 4.02. The van der Waals surface area contributed by atoms with Gasteiger partial charge in [0.05, 0.1) is 5.52 Å². The summed E-state index contributed by atoms with van der Waals surface area (Å²) >= 11 is 0. The Kier molecular flexibility index (Phi) is 3.00. The van der Waals surface area contributed by atoms with Gasteiger partial charge in [-0.3, -0.25) is 0 Å². The number of rotatable bonds is 1. The minimum Gasteiger partial charge on any atom is -0.308 e. The van der Waals surface area contributed by atoms with Crippen LogP contribution in [0.4, 0.5) is 5.82 Å². The number of hydrogen-bond donors (Lipinski definition) is 2. The first-order valence-corrected chi connectivity index (χ1v) is 3.58. The topological polar surface area (TPSA) is 63.8 Å². The standard InChI is InChI=1S/C8H8N4.ClH/c9-12-8-6-3-1-2-4-7(6)10-5-11-8;/h1-5H,9H2,(H,10,11,12);1H. The number of fused-ring (bicyclic) bond motifs is 1. The Morgan fingerprint density at radius 1 is 1.15 bits per heavy atom. The van der Waals surface area contributed by atoms with Crippen molar-refractivity contribution in [1.82, 2.24) is 9.97 Å². The van der Waals surface area contributed by atoms with E-state index in [0.717, 1.165) is 10.9 Å². The molecule has 0 aliphatic carbocycles. The van der Waals surface area contributed by atoms with Crippen LogP contribution >= 0.6 is 12.4 Å². The second-order valence-electron chi connectivity index (χ2n) is 2.38. The number of para-hydroxylation sites is 1. The van der Waals surface area contributed by atoms with Crippen molar-refractivity contribution in [1.29, 1.82) is 0 Å². The van der Waals surface area contributed by atoms with Gasteiger partial charge in [-0.2, -0.15) is 0 Å². The van der Waals surface area contributed by atoms with Crippen molar-refractivity contribution in [3.05, 3.63) is 30.6 Å². The van der Waals surface area contributed by atoms with Crippen molar-refractivity contribution >= 4 is 29.1 Å². The molecule has 2 rings (SSSR count). The first-order chi connectivity index (χ1) is 5.92. The van der Waals surface area contributed by atoms with Crippen LogP contribution < -0.4 is 11.3 Å². The number of hydrazine groups is 1. The highest BCUT2D eigenvalue weighted by molar-refractivity contribution is 5.88. The van der Waals surface area contributed by atoms with E-state index in [4.69, 9.17) is 5.84 Å². The lowest BCUT2D eigenvalue weighted by molar-refractivity contribution is 1.18. The van der Waals surface area contributed by atoms with E-state index < -0.39 is 0 Å². The first-order valence-electron chi connectivity index (χ1n) is 3.58. The van der Waals surface area contributed by atoms with Gasteiger partial charge in [0.2, 0.25) is 0 Å². The van der Waals surface area contributed by atoms with E-state index in [9.17, 15) is 0 Å². The number of halogens is 1. The molecule has 0 aliphatic rings. The third-order valence-electron chi connectivity index (χ3n) is 1.68. The smallest absolute Gasteiger partial charge is 0.151 e. The summed E-state index contributed by atoms with van der Waals surface area (Å²) < 4.78 is 0. The SMILES string of the molecule is Cl.NNc1ncnc2ccccc12. The summed E-state index contributed by atoms with van der Waals surface area (Å²) in [5.74, 6) is 5.93. The van der Waals surface area contributed by atoms with Crippen molar-refractivity contribution in [2.75, 3.05) is 5.43 Å². The van der Waals surface area contributed by atoms with Crippen LogP contribution in [0.1, 0.15) is 0 Å². The number of nitrogens with two attached hydrogens (primary N) is 1. The van der Waals surface area contributed by atoms with Crippen LogP contribution in [-0.4, -0.2) is 9.97 Å². The van der Waals surface area contributed by atoms with Gasteiger partial charge in [0.1, 0.15) is 6.33 Å². The lowest BCUT2D eigenvalue weighted by atomic mass is 10.2. The number of nitrogens with one attached hydrogen (secondary N) is 1. The summed E-state index contributed by atoms with van der Waals surface area (Å²) in [5, 5.41) is 0.933. The molecule has 0 unspecified atom stereocenters. The van der Waals surface area contributed by atoms with Gasteiger partial charge in [0, 0.05) is 5.39 Å². The lowest BCUT2D eigenvalue weighted by Crippen LogP contribution is -2.09. The number of nitrogen functional groups attached to an aromatic ring is 1.